The number of hydrogen-bond donors (Lipinski definition) is 3. The lowest BCUT2D eigenvalue weighted by Gasteiger charge is -2.35. The largest absolute Gasteiger partial charge is 0.409 e. The molecule has 4 rings (SSSR count). The Labute approximate surface area is 175 Å². The molecule has 0 aromatic carbocycles. The van der Waals surface area contributed by atoms with E-state index in [9.17, 15) is 22.8 Å². The summed E-state index contributed by atoms with van der Waals surface area (Å²) in [6.45, 7) is 0.495. The van der Waals surface area contributed by atoms with Gasteiger partial charge in [-0.05, 0) is 30.7 Å². The Morgan fingerprint density at radius 3 is 2.74 bits per heavy atom. The van der Waals surface area contributed by atoms with Gasteiger partial charge in [0, 0.05) is 25.8 Å². The van der Waals surface area contributed by atoms with Crippen molar-refractivity contribution >= 4 is 29.3 Å². The van der Waals surface area contributed by atoms with E-state index in [1.54, 1.807) is 24.3 Å². The van der Waals surface area contributed by atoms with Gasteiger partial charge in [-0.2, -0.15) is 13.2 Å². The number of hydrogen-bond acceptors (Lipinski definition) is 6. The molecule has 0 unspecified atom stereocenters. The van der Waals surface area contributed by atoms with E-state index in [0.717, 1.165) is 0 Å². The van der Waals surface area contributed by atoms with Crippen molar-refractivity contribution in [3.63, 3.8) is 0 Å². The third-order valence-corrected chi connectivity index (χ3v) is 5.24. The molecule has 2 bridgehead atoms. The first kappa shape index (κ1) is 20.8. The molecular weight excluding hydrogens is 415 g/mol. The summed E-state index contributed by atoms with van der Waals surface area (Å²) >= 11 is 0. The smallest absolute Gasteiger partial charge is 0.366 e. The summed E-state index contributed by atoms with van der Waals surface area (Å²) in [6.07, 6.45) is -2.46. The number of carbonyl (C=O) groups excluding carboxylic acids is 2. The molecule has 3 amide bonds. The third-order valence-electron chi connectivity index (χ3n) is 5.24. The van der Waals surface area contributed by atoms with E-state index < -0.39 is 30.7 Å². The molecule has 31 heavy (non-hydrogen) atoms. The maximum Gasteiger partial charge on any atom is 0.409 e. The first-order valence-corrected chi connectivity index (χ1v) is 9.63. The lowest BCUT2D eigenvalue weighted by molar-refractivity contribution is -0.150. The predicted molar refractivity (Wildman–Crippen MR) is 107 cm³/mol. The number of carbonyl (C=O) groups is 2. The van der Waals surface area contributed by atoms with Crippen molar-refractivity contribution in [3.8, 4) is 0 Å². The van der Waals surface area contributed by atoms with Crippen molar-refractivity contribution < 1.29 is 22.8 Å². The molecule has 2 aromatic heterocycles. The van der Waals surface area contributed by atoms with Gasteiger partial charge in [0.15, 0.2) is 5.82 Å². The molecule has 2 aliphatic heterocycles. The van der Waals surface area contributed by atoms with E-state index >= 15 is 0 Å². The Morgan fingerprint density at radius 1 is 1.26 bits per heavy atom. The molecule has 164 valence electrons. The van der Waals surface area contributed by atoms with Gasteiger partial charge >= 0.3 is 12.2 Å². The van der Waals surface area contributed by atoms with Crippen molar-refractivity contribution in [1.82, 2.24) is 15.3 Å². The maximum absolute atomic E-state index is 13.0. The third kappa shape index (κ3) is 4.10. The molecule has 2 aromatic rings. The summed E-state index contributed by atoms with van der Waals surface area (Å²) in [7, 11) is 0. The minimum atomic E-state index is -4.68. The highest BCUT2D eigenvalue weighted by Crippen LogP contribution is 2.39. The fourth-order valence-electron chi connectivity index (χ4n) is 3.71. The van der Waals surface area contributed by atoms with Crippen molar-refractivity contribution in [2.75, 3.05) is 34.8 Å². The maximum atomic E-state index is 13.0. The number of alkyl halides is 3. The second kappa shape index (κ2) is 8.02. The fraction of sp³-hybridized carbons (Fsp3) is 0.368. The second-order valence-electron chi connectivity index (χ2n) is 7.25. The van der Waals surface area contributed by atoms with Crippen LogP contribution in [0.3, 0.4) is 0 Å². The molecule has 1 fully saturated rings. The van der Waals surface area contributed by atoms with Crippen LogP contribution in [0, 0.1) is 0 Å². The molecular formula is C19H20F3N7O2. The predicted octanol–water partition coefficient (Wildman–Crippen LogP) is 1.73. The number of urea groups is 1. The summed E-state index contributed by atoms with van der Waals surface area (Å²) in [6, 6.07) is 5.13. The average Bonchev–Trinajstić information content (AvgIpc) is 3.15. The highest BCUT2D eigenvalue weighted by Gasteiger charge is 2.42. The van der Waals surface area contributed by atoms with Crippen LogP contribution >= 0.6 is 0 Å². The van der Waals surface area contributed by atoms with Crippen molar-refractivity contribution in [3.05, 3.63) is 42.2 Å². The zero-order chi connectivity index (χ0) is 22.2. The Morgan fingerprint density at radius 2 is 2.06 bits per heavy atom. The lowest BCUT2D eigenvalue weighted by Crippen LogP contribution is -2.50. The standard InChI is InChI=1S/C19H20F3N7O2/c20-19(21,22)14(9-23)26-17(30)12-4-5-13-16(25-12)29(11-6-8-28(13)10-11)18(31)27-15-3-1-2-7-24-15/h1-5,7,11,14H,6,8-10,23H2,(H,26,30)(H,24,27,31)/t11-,14-/m0/s1. The van der Waals surface area contributed by atoms with Crippen molar-refractivity contribution in [2.45, 2.75) is 24.7 Å². The van der Waals surface area contributed by atoms with Crippen molar-refractivity contribution in [1.29, 1.82) is 0 Å². The van der Waals surface area contributed by atoms with E-state index in [-0.39, 0.29) is 17.6 Å². The molecule has 0 aliphatic carbocycles. The van der Waals surface area contributed by atoms with E-state index in [4.69, 9.17) is 5.73 Å². The first-order valence-electron chi connectivity index (χ1n) is 9.63. The monoisotopic (exact) mass is 435 g/mol. The number of nitrogens with zero attached hydrogens (tertiary/aromatic N) is 4. The average molecular weight is 435 g/mol. The van der Waals surface area contributed by atoms with Gasteiger partial charge in [0.1, 0.15) is 17.6 Å². The van der Waals surface area contributed by atoms with Gasteiger partial charge in [0.25, 0.3) is 5.91 Å². The Bertz CT molecular complexity index is 986. The number of aromatic nitrogens is 2. The first-order chi connectivity index (χ1) is 14.8. The molecule has 2 aliphatic rings. The van der Waals surface area contributed by atoms with Crippen LogP contribution in [-0.4, -0.2) is 59.8 Å². The number of amides is 3. The van der Waals surface area contributed by atoms with Crippen LogP contribution in [0.2, 0.25) is 0 Å². The number of fused-ring (bicyclic) bond motifs is 4. The van der Waals surface area contributed by atoms with Crippen LogP contribution in [0.15, 0.2) is 36.5 Å². The molecule has 4 heterocycles. The van der Waals surface area contributed by atoms with Crippen LogP contribution in [-0.2, 0) is 0 Å². The van der Waals surface area contributed by atoms with E-state index in [2.05, 4.69) is 15.3 Å². The molecule has 0 spiro atoms. The molecule has 0 radical (unpaired) electrons. The highest BCUT2D eigenvalue weighted by molar-refractivity contribution is 6.05. The molecule has 12 heteroatoms. The van der Waals surface area contributed by atoms with Gasteiger partial charge in [0.05, 0.1) is 11.7 Å². The fourth-order valence-corrected chi connectivity index (χ4v) is 3.71. The minimum absolute atomic E-state index is 0.186. The number of nitrogens with one attached hydrogen (secondary N) is 2. The second-order valence-corrected chi connectivity index (χ2v) is 7.25. The van der Waals surface area contributed by atoms with E-state index in [1.165, 1.54) is 17.2 Å². The topological polar surface area (TPSA) is 116 Å². The van der Waals surface area contributed by atoms with Gasteiger partial charge in [-0.1, -0.05) is 6.07 Å². The summed E-state index contributed by atoms with van der Waals surface area (Å²) in [4.78, 5) is 37.2. The van der Waals surface area contributed by atoms with Gasteiger partial charge in [-0.3, -0.25) is 15.0 Å². The Balaban J connectivity index is 1.63. The molecule has 1 saturated heterocycles. The van der Waals surface area contributed by atoms with Gasteiger partial charge in [-0.15, -0.1) is 0 Å². The summed E-state index contributed by atoms with van der Waals surface area (Å²) in [5, 5.41) is 4.55. The SMILES string of the molecule is NC[C@H](NC(=O)c1ccc2c(n1)N(C(=O)Nc1ccccn1)[C@H]1CCN2C1)C(F)(F)F. The van der Waals surface area contributed by atoms with Crippen LogP contribution in [0.25, 0.3) is 0 Å². The number of nitrogens with two attached hydrogens (primary N) is 1. The van der Waals surface area contributed by atoms with Gasteiger partial charge in [0.2, 0.25) is 0 Å². The zero-order valence-corrected chi connectivity index (χ0v) is 16.3. The van der Waals surface area contributed by atoms with Crippen LogP contribution in [0.4, 0.5) is 35.3 Å². The number of rotatable bonds is 4. The van der Waals surface area contributed by atoms with Crippen LogP contribution in [0.1, 0.15) is 16.9 Å². The Kier molecular flexibility index (Phi) is 5.39. The van der Waals surface area contributed by atoms with E-state index in [1.807, 2.05) is 10.2 Å². The number of halogens is 3. The summed E-state index contributed by atoms with van der Waals surface area (Å²) < 4.78 is 38.9. The van der Waals surface area contributed by atoms with Crippen LogP contribution in [0.5, 0.6) is 0 Å². The molecule has 9 nitrogen and oxygen atoms in total. The molecule has 4 N–H and O–H groups in total. The summed E-state index contributed by atoms with van der Waals surface area (Å²) in [5.74, 6) is -0.459. The number of anilines is 3. The highest BCUT2D eigenvalue weighted by atomic mass is 19.4. The van der Waals surface area contributed by atoms with Crippen molar-refractivity contribution in [2.24, 2.45) is 5.73 Å². The van der Waals surface area contributed by atoms with Gasteiger partial charge < -0.3 is 16.0 Å². The Hall–Kier alpha value is -3.41. The minimum Gasteiger partial charge on any atom is -0.366 e. The van der Waals surface area contributed by atoms with Gasteiger partial charge in [-0.25, -0.2) is 14.8 Å². The number of pyridine rings is 2. The van der Waals surface area contributed by atoms with E-state index in [0.29, 0.717) is 31.0 Å². The zero-order valence-electron chi connectivity index (χ0n) is 16.3. The quantitative estimate of drug-likeness (QED) is 0.674. The summed E-state index contributed by atoms with van der Waals surface area (Å²) in [5.41, 5.74) is 5.54. The molecule has 0 saturated carbocycles. The lowest BCUT2D eigenvalue weighted by atomic mass is 10.1. The molecule has 2 atom stereocenters. The van der Waals surface area contributed by atoms with Crippen LogP contribution < -0.4 is 26.2 Å². The normalized spacial score (nSPS) is 18.4.